The largest absolute Gasteiger partial charge is 0.469 e. The summed E-state index contributed by atoms with van der Waals surface area (Å²) in [6, 6.07) is 7.22. The van der Waals surface area contributed by atoms with E-state index in [4.69, 9.17) is 0 Å². The normalized spacial score (nSPS) is 22.9. The van der Waals surface area contributed by atoms with Gasteiger partial charge in [-0.1, -0.05) is 26.0 Å². The third kappa shape index (κ3) is 5.11. The number of hydrogen-bond donors (Lipinski definition) is 2. The molecule has 0 radical (unpaired) electrons. The number of rotatable bonds is 8. The second kappa shape index (κ2) is 10.1. The minimum atomic E-state index is -0.637. The Bertz CT molecular complexity index is 870. The van der Waals surface area contributed by atoms with E-state index in [0.717, 1.165) is 36.0 Å². The standard InChI is InChI=1S/C24H33N3O5/c1-17(2)19-8-12-24(13-9-19)26(21(28)16-27(24)31)15-11-18-4-6-20(7-5-18)23(30)25-14-10-22(29)32-3/h4-7,16-17,19H,8-15H2,1-3H3,(H-,25,28,30,31)/p+1. The number of carbonyl (C=O) groups is 3. The highest BCUT2D eigenvalue weighted by molar-refractivity contribution is 6.25. The van der Waals surface area contributed by atoms with Crippen molar-refractivity contribution in [2.75, 3.05) is 20.2 Å². The molecule has 0 bridgehead atoms. The summed E-state index contributed by atoms with van der Waals surface area (Å²) in [5.41, 5.74) is 0.877. The predicted molar refractivity (Wildman–Crippen MR) is 118 cm³/mol. The van der Waals surface area contributed by atoms with Crippen LogP contribution in [0.3, 0.4) is 0 Å². The Morgan fingerprint density at radius 1 is 1.25 bits per heavy atom. The molecule has 174 valence electrons. The van der Waals surface area contributed by atoms with Crippen molar-refractivity contribution in [2.24, 2.45) is 11.8 Å². The molecule has 2 N–H and O–H groups in total. The van der Waals surface area contributed by atoms with Crippen LogP contribution in [-0.2, 0) is 20.7 Å². The molecular formula is C24H34N3O5+. The van der Waals surface area contributed by atoms with Gasteiger partial charge in [0, 0.05) is 36.2 Å². The van der Waals surface area contributed by atoms with Crippen LogP contribution in [0.4, 0.5) is 0 Å². The average Bonchev–Trinajstić information content (AvgIpc) is 3.01. The fourth-order valence-corrected chi connectivity index (χ4v) is 4.76. The zero-order chi connectivity index (χ0) is 23.3. The first-order valence-corrected chi connectivity index (χ1v) is 11.4. The molecule has 3 rings (SSSR count). The zero-order valence-electron chi connectivity index (χ0n) is 19.2. The van der Waals surface area contributed by atoms with E-state index in [1.807, 2.05) is 12.1 Å². The number of hydrogen-bond acceptors (Lipinski definition) is 5. The quantitative estimate of drug-likeness (QED) is 0.364. The van der Waals surface area contributed by atoms with Crippen LogP contribution in [0, 0.1) is 11.8 Å². The van der Waals surface area contributed by atoms with Crippen molar-refractivity contribution in [2.45, 2.75) is 58.0 Å². The molecule has 1 spiro atoms. The Morgan fingerprint density at radius 2 is 1.91 bits per heavy atom. The van der Waals surface area contributed by atoms with Gasteiger partial charge in [-0.25, -0.2) is 0 Å². The maximum atomic E-state index is 12.6. The monoisotopic (exact) mass is 444 g/mol. The Balaban J connectivity index is 1.57. The molecule has 1 aliphatic carbocycles. The third-order valence-electron chi connectivity index (χ3n) is 6.88. The zero-order valence-corrected chi connectivity index (χ0v) is 19.2. The van der Waals surface area contributed by atoms with Crippen LogP contribution in [-0.4, -0.2) is 64.7 Å². The number of amides is 2. The highest BCUT2D eigenvalue weighted by Crippen LogP contribution is 2.41. The number of nitrogens with one attached hydrogen (secondary N) is 1. The van der Waals surface area contributed by atoms with Crippen LogP contribution in [0.1, 0.15) is 61.9 Å². The van der Waals surface area contributed by atoms with Gasteiger partial charge in [0.2, 0.25) is 0 Å². The van der Waals surface area contributed by atoms with Gasteiger partial charge in [-0.3, -0.25) is 24.5 Å². The molecule has 2 amide bonds. The third-order valence-corrected chi connectivity index (χ3v) is 6.88. The van der Waals surface area contributed by atoms with Gasteiger partial charge in [0.1, 0.15) is 0 Å². The predicted octanol–water partition coefficient (Wildman–Crippen LogP) is 2.38. The lowest BCUT2D eigenvalue weighted by molar-refractivity contribution is -0.834. The fourth-order valence-electron chi connectivity index (χ4n) is 4.76. The summed E-state index contributed by atoms with van der Waals surface area (Å²) in [7, 11) is 1.31. The number of ether oxygens (including phenoxy) is 1. The molecule has 1 fully saturated rings. The van der Waals surface area contributed by atoms with E-state index in [9.17, 15) is 19.6 Å². The van der Waals surface area contributed by atoms with Crippen molar-refractivity contribution >= 4 is 24.0 Å². The molecule has 1 aromatic carbocycles. The van der Waals surface area contributed by atoms with E-state index >= 15 is 0 Å². The number of hydroxylamine groups is 1. The molecule has 8 heteroatoms. The molecule has 8 nitrogen and oxygen atoms in total. The second-order valence-corrected chi connectivity index (χ2v) is 9.06. The Kier molecular flexibility index (Phi) is 7.53. The number of methoxy groups -OCH3 is 1. The highest BCUT2D eigenvalue weighted by Gasteiger charge is 2.57. The van der Waals surface area contributed by atoms with Crippen molar-refractivity contribution in [3.63, 3.8) is 0 Å². The smallest absolute Gasteiger partial charge is 0.320 e. The van der Waals surface area contributed by atoms with E-state index in [1.165, 1.54) is 13.3 Å². The van der Waals surface area contributed by atoms with Crippen LogP contribution in [0.15, 0.2) is 24.3 Å². The summed E-state index contributed by atoms with van der Waals surface area (Å²) < 4.78 is 5.69. The summed E-state index contributed by atoms with van der Waals surface area (Å²) in [4.78, 5) is 37.7. The lowest BCUT2D eigenvalue weighted by Crippen LogP contribution is -2.55. The van der Waals surface area contributed by atoms with Crippen molar-refractivity contribution in [3.05, 3.63) is 35.4 Å². The molecule has 1 heterocycles. The molecule has 0 atom stereocenters. The van der Waals surface area contributed by atoms with Crippen LogP contribution in [0.2, 0.25) is 0 Å². The SMILES string of the molecule is COC(=O)CCNC(=O)c1ccc(CCN2C(=O)C=[N+](O)C23CCC(C(C)C)CC3)cc1. The first-order chi connectivity index (χ1) is 15.3. The summed E-state index contributed by atoms with van der Waals surface area (Å²) in [6.45, 7) is 5.18. The lowest BCUT2D eigenvalue weighted by atomic mass is 9.76. The first kappa shape index (κ1) is 23.8. The molecule has 1 aliphatic heterocycles. The number of esters is 1. The van der Waals surface area contributed by atoms with Gasteiger partial charge in [0.15, 0.2) is 0 Å². The molecule has 0 aromatic heterocycles. The fraction of sp³-hybridized carbons (Fsp3) is 0.583. The topological polar surface area (TPSA) is 99.0 Å². The van der Waals surface area contributed by atoms with Crippen LogP contribution in [0.5, 0.6) is 0 Å². The lowest BCUT2D eigenvalue weighted by Gasteiger charge is -2.38. The van der Waals surface area contributed by atoms with E-state index in [2.05, 4.69) is 23.9 Å². The summed E-state index contributed by atoms with van der Waals surface area (Å²) in [6.07, 6.45) is 5.57. The number of carbonyl (C=O) groups excluding carboxylic acids is 3. The molecule has 32 heavy (non-hydrogen) atoms. The molecule has 1 aromatic rings. The van der Waals surface area contributed by atoms with Gasteiger partial charge in [0.25, 0.3) is 17.8 Å². The van der Waals surface area contributed by atoms with E-state index in [-0.39, 0.29) is 30.7 Å². The molecule has 0 unspecified atom stereocenters. The molecular weight excluding hydrogens is 410 g/mol. The minimum absolute atomic E-state index is 0.128. The summed E-state index contributed by atoms with van der Waals surface area (Å²) in [5.74, 6) is 0.452. The van der Waals surface area contributed by atoms with Gasteiger partial charge in [-0.2, -0.15) is 0 Å². The summed E-state index contributed by atoms with van der Waals surface area (Å²) >= 11 is 0. The van der Waals surface area contributed by atoms with Crippen molar-refractivity contribution in [3.8, 4) is 0 Å². The minimum Gasteiger partial charge on any atom is -0.469 e. The van der Waals surface area contributed by atoms with E-state index in [0.29, 0.717) is 30.4 Å². The van der Waals surface area contributed by atoms with Crippen LogP contribution in [0.25, 0.3) is 0 Å². The van der Waals surface area contributed by atoms with Gasteiger partial charge >= 0.3 is 11.9 Å². The highest BCUT2D eigenvalue weighted by atomic mass is 16.5. The van der Waals surface area contributed by atoms with Crippen LogP contribution < -0.4 is 5.32 Å². The maximum absolute atomic E-state index is 12.6. The number of nitrogens with zero attached hydrogens (tertiary/aromatic N) is 2. The summed E-state index contributed by atoms with van der Waals surface area (Å²) in [5, 5.41) is 13.2. The van der Waals surface area contributed by atoms with E-state index in [1.54, 1.807) is 17.0 Å². The van der Waals surface area contributed by atoms with Gasteiger partial charge in [-0.15, -0.1) is 0 Å². The second-order valence-electron chi connectivity index (χ2n) is 9.06. The first-order valence-electron chi connectivity index (χ1n) is 11.4. The average molecular weight is 445 g/mol. The maximum Gasteiger partial charge on any atom is 0.320 e. The van der Waals surface area contributed by atoms with Crippen molar-refractivity contribution in [1.29, 1.82) is 0 Å². The van der Waals surface area contributed by atoms with Gasteiger partial charge in [-0.05, 0) is 48.8 Å². The van der Waals surface area contributed by atoms with Crippen LogP contribution >= 0.6 is 0 Å². The Morgan fingerprint density at radius 3 is 2.50 bits per heavy atom. The van der Waals surface area contributed by atoms with Crippen molar-refractivity contribution in [1.82, 2.24) is 10.2 Å². The molecule has 2 aliphatic rings. The molecule has 0 saturated heterocycles. The van der Waals surface area contributed by atoms with Gasteiger partial charge < -0.3 is 10.1 Å². The molecule has 1 saturated carbocycles. The van der Waals surface area contributed by atoms with Gasteiger partial charge in [0.05, 0.1) is 13.5 Å². The Labute approximate surface area is 189 Å². The Hall–Kier alpha value is -2.90. The number of benzene rings is 1. The van der Waals surface area contributed by atoms with Crippen molar-refractivity contribution < 1.29 is 29.1 Å². The van der Waals surface area contributed by atoms with E-state index < -0.39 is 5.66 Å².